The van der Waals surface area contributed by atoms with Crippen LogP contribution in [-0.2, 0) is 0 Å². The third-order valence-electron chi connectivity index (χ3n) is 2.35. The van der Waals surface area contributed by atoms with Gasteiger partial charge in [-0.15, -0.1) is 0 Å². The maximum Gasteiger partial charge on any atom is 0.196 e. The SMILES string of the molecule is CNCCCN(C)c1ccc(F)c(F)c1F. The Hall–Kier alpha value is -1.23. The molecule has 0 heterocycles. The van der Waals surface area contributed by atoms with Crippen LogP contribution < -0.4 is 10.2 Å². The number of halogens is 3. The average Bonchev–Trinajstić information content (AvgIpc) is 2.26. The minimum absolute atomic E-state index is 0.0787. The van der Waals surface area contributed by atoms with Gasteiger partial charge in [-0.05, 0) is 32.1 Å². The van der Waals surface area contributed by atoms with Crippen LogP contribution in [-0.4, -0.2) is 27.2 Å². The van der Waals surface area contributed by atoms with Crippen LogP contribution >= 0.6 is 0 Å². The summed E-state index contributed by atoms with van der Waals surface area (Å²) in [5, 5.41) is 2.96. The molecule has 0 spiro atoms. The molecule has 0 saturated heterocycles. The molecule has 0 amide bonds. The Morgan fingerprint density at radius 1 is 1.19 bits per heavy atom. The number of hydrogen-bond acceptors (Lipinski definition) is 2. The molecule has 0 radical (unpaired) electrons. The Kier molecular flexibility index (Phi) is 4.61. The second kappa shape index (κ2) is 5.75. The number of nitrogens with zero attached hydrogens (tertiary/aromatic N) is 1. The largest absolute Gasteiger partial charge is 0.372 e. The van der Waals surface area contributed by atoms with Crippen LogP contribution in [0.25, 0.3) is 0 Å². The second-order valence-electron chi connectivity index (χ2n) is 3.57. The van der Waals surface area contributed by atoms with Gasteiger partial charge in [0.05, 0.1) is 5.69 Å². The summed E-state index contributed by atoms with van der Waals surface area (Å²) in [4.78, 5) is 1.56. The molecule has 0 atom stereocenters. The summed E-state index contributed by atoms with van der Waals surface area (Å²) in [7, 11) is 3.46. The van der Waals surface area contributed by atoms with E-state index in [0.717, 1.165) is 19.0 Å². The normalized spacial score (nSPS) is 10.6. The van der Waals surface area contributed by atoms with Crippen LogP contribution in [0.15, 0.2) is 12.1 Å². The van der Waals surface area contributed by atoms with E-state index in [0.29, 0.717) is 6.54 Å². The van der Waals surface area contributed by atoms with E-state index in [1.54, 1.807) is 11.9 Å². The Bertz CT molecular complexity index is 355. The standard InChI is InChI=1S/C11H15F3N2/c1-15-6-3-7-16(2)9-5-4-8(12)10(13)11(9)14/h4-5,15H,3,6-7H2,1-2H3. The van der Waals surface area contributed by atoms with Gasteiger partial charge in [-0.1, -0.05) is 0 Å². The Labute approximate surface area is 93.1 Å². The quantitative estimate of drug-likeness (QED) is 0.618. The van der Waals surface area contributed by atoms with Gasteiger partial charge in [0.15, 0.2) is 17.5 Å². The first-order valence-corrected chi connectivity index (χ1v) is 5.07. The van der Waals surface area contributed by atoms with Gasteiger partial charge in [0.1, 0.15) is 0 Å². The molecule has 1 aromatic rings. The van der Waals surface area contributed by atoms with E-state index in [2.05, 4.69) is 5.32 Å². The number of nitrogens with one attached hydrogen (secondary N) is 1. The predicted molar refractivity (Wildman–Crippen MR) is 58.1 cm³/mol. The van der Waals surface area contributed by atoms with Gasteiger partial charge in [0.25, 0.3) is 0 Å². The first kappa shape index (κ1) is 12.8. The zero-order chi connectivity index (χ0) is 12.1. The van der Waals surface area contributed by atoms with Gasteiger partial charge in [0.2, 0.25) is 0 Å². The fraction of sp³-hybridized carbons (Fsp3) is 0.455. The number of hydrogen-bond donors (Lipinski definition) is 1. The predicted octanol–water partition coefficient (Wildman–Crippen LogP) is 2.15. The smallest absolute Gasteiger partial charge is 0.196 e. The molecule has 16 heavy (non-hydrogen) atoms. The van der Waals surface area contributed by atoms with Crippen molar-refractivity contribution in [2.75, 3.05) is 32.1 Å². The zero-order valence-electron chi connectivity index (χ0n) is 9.36. The van der Waals surface area contributed by atoms with Crippen molar-refractivity contribution < 1.29 is 13.2 Å². The van der Waals surface area contributed by atoms with Crippen LogP contribution in [0.5, 0.6) is 0 Å². The molecule has 1 N–H and O–H groups in total. The van der Waals surface area contributed by atoms with Gasteiger partial charge < -0.3 is 10.2 Å². The van der Waals surface area contributed by atoms with E-state index in [-0.39, 0.29) is 5.69 Å². The Morgan fingerprint density at radius 2 is 1.88 bits per heavy atom. The minimum Gasteiger partial charge on any atom is -0.372 e. The third-order valence-corrected chi connectivity index (χ3v) is 2.35. The molecule has 0 aliphatic carbocycles. The Balaban J connectivity index is 2.76. The van der Waals surface area contributed by atoms with E-state index in [1.165, 1.54) is 6.07 Å². The van der Waals surface area contributed by atoms with E-state index in [1.807, 2.05) is 7.05 Å². The lowest BCUT2D eigenvalue weighted by Gasteiger charge is -2.20. The van der Waals surface area contributed by atoms with E-state index >= 15 is 0 Å². The van der Waals surface area contributed by atoms with Gasteiger partial charge in [-0.3, -0.25) is 0 Å². The summed E-state index contributed by atoms with van der Waals surface area (Å²) >= 11 is 0. The lowest BCUT2D eigenvalue weighted by Crippen LogP contribution is -2.23. The molecule has 5 heteroatoms. The molecule has 0 aliphatic rings. The van der Waals surface area contributed by atoms with Crippen molar-refractivity contribution in [3.05, 3.63) is 29.6 Å². The molecule has 0 fully saturated rings. The van der Waals surface area contributed by atoms with Crippen molar-refractivity contribution in [3.8, 4) is 0 Å². The van der Waals surface area contributed by atoms with Crippen LogP contribution in [0.2, 0.25) is 0 Å². The summed E-state index contributed by atoms with van der Waals surface area (Å²) in [5.74, 6) is -3.71. The van der Waals surface area contributed by atoms with Crippen molar-refractivity contribution in [2.45, 2.75) is 6.42 Å². The van der Waals surface area contributed by atoms with Crippen molar-refractivity contribution in [3.63, 3.8) is 0 Å². The van der Waals surface area contributed by atoms with E-state index < -0.39 is 17.5 Å². The van der Waals surface area contributed by atoms with Crippen LogP contribution in [0.3, 0.4) is 0 Å². The fourth-order valence-electron chi connectivity index (χ4n) is 1.42. The molecule has 1 aromatic carbocycles. The van der Waals surface area contributed by atoms with Crippen LogP contribution in [0, 0.1) is 17.5 Å². The fourth-order valence-corrected chi connectivity index (χ4v) is 1.42. The molecule has 90 valence electrons. The van der Waals surface area contributed by atoms with Crippen molar-refractivity contribution in [1.82, 2.24) is 5.32 Å². The highest BCUT2D eigenvalue weighted by atomic mass is 19.2. The second-order valence-corrected chi connectivity index (χ2v) is 3.57. The first-order chi connectivity index (χ1) is 7.57. The maximum atomic E-state index is 13.3. The van der Waals surface area contributed by atoms with Gasteiger partial charge >= 0.3 is 0 Å². The van der Waals surface area contributed by atoms with Crippen molar-refractivity contribution in [1.29, 1.82) is 0 Å². The molecule has 0 aliphatic heterocycles. The number of rotatable bonds is 5. The van der Waals surface area contributed by atoms with Crippen LogP contribution in [0.4, 0.5) is 18.9 Å². The summed E-state index contributed by atoms with van der Waals surface area (Å²) in [6.45, 7) is 1.36. The molecule has 0 aromatic heterocycles. The highest BCUT2D eigenvalue weighted by Crippen LogP contribution is 2.22. The topological polar surface area (TPSA) is 15.3 Å². The summed E-state index contributed by atoms with van der Waals surface area (Å²) < 4.78 is 39.0. The van der Waals surface area contributed by atoms with E-state index in [9.17, 15) is 13.2 Å². The molecule has 1 rings (SSSR count). The van der Waals surface area contributed by atoms with Gasteiger partial charge in [-0.25, -0.2) is 13.2 Å². The number of benzene rings is 1. The van der Waals surface area contributed by atoms with Gasteiger partial charge in [0, 0.05) is 13.6 Å². The molecule has 2 nitrogen and oxygen atoms in total. The molecular weight excluding hydrogens is 217 g/mol. The van der Waals surface area contributed by atoms with Crippen LogP contribution in [0.1, 0.15) is 6.42 Å². The van der Waals surface area contributed by atoms with Crippen molar-refractivity contribution in [2.24, 2.45) is 0 Å². The zero-order valence-corrected chi connectivity index (χ0v) is 9.36. The highest BCUT2D eigenvalue weighted by molar-refractivity contribution is 5.47. The van der Waals surface area contributed by atoms with Gasteiger partial charge in [-0.2, -0.15) is 0 Å². The third kappa shape index (κ3) is 2.88. The average molecular weight is 232 g/mol. The minimum atomic E-state index is -1.42. The summed E-state index contributed by atoms with van der Waals surface area (Å²) in [6, 6.07) is 2.18. The molecule has 0 saturated carbocycles. The van der Waals surface area contributed by atoms with E-state index in [4.69, 9.17) is 0 Å². The molecular formula is C11H15F3N2. The Morgan fingerprint density at radius 3 is 2.50 bits per heavy atom. The lowest BCUT2D eigenvalue weighted by molar-refractivity contribution is 0.447. The molecule has 0 unspecified atom stereocenters. The first-order valence-electron chi connectivity index (χ1n) is 5.07. The summed E-state index contributed by atoms with van der Waals surface area (Å²) in [6.07, 6.45) is 0.797. The lowest BCUT2D eigenvalue weighted by atomic mass is 10.2. The van der Waals surface area contributed by atoms with Crippen molar-refractivity contribution >= 4 is 5.69 Å². The number of anilines is 1. The maximum absolute atomic E-state index is 13.3. The monoisotopic (exact) mass is 232 g/mol. The highest BCUT2D eigenvalue weighted by Gasteiger charge is 2.15. The summed E-state index contributed by atoms with van der Waals surface area (Å²) in [5.41, 5.74) is 0.0787. The molecule has 0 bridgehead atoms.